The number of halogens is 1. The minimum absolute atomic E-state index is 0. The highest BCUT2D eigenvalue weighted by Crippen LogP contribution is 2.23. The number of amides is 1. The Morgan fingerprint density at radius 2 is 1.86 bits per heavy atom. The molecule has 1 saturated heterocycles. The Bertz CT molecular complexity index is 466. The van der Waals surface area contributed by atoms with Gasteiger partial charge in [-0.05, 0) is 30.0 Å². The molecule has 1 heterocycles. The minimum Gasteiger partial charge on any atom is -0.338 e. The molecule has 0 saturated carbocycles. The van der Waals surface area contributed by atoms with Crippen LogP contribution in [0.15, 0.2) is 30.3 Å². The van der Waals surface area contributed by atoms with Crippen molar-refractivity contribution in [1.82, 2.24) is 10.2 Å². The van der Waals surface area contributed by atoms with Crippen molar-refractivity contribution in [2.75, 3.05) is 19.6 Å². The van der Waals surface area contributed by atoms with E-state index in [9.17, 15) is 4.79 Å². The number of benzene rings is 1. The molecule has 1 aromatic rings. The van der Waals surface area contributed by atoms with Crippen LogP contribution in [0.5, 0.6) is 0 Å². The first-order valence-electron chi connectivity index (χ1n) is 7.90. The van der Waals surface area contributed by atoms with E-state index in [0.717, 1.165) is 19.6 Å². The minimum atomic E-state index is 0. The summed E-state index contributed by atoms with van der Waals surface area (Å²) in [5, 5.41) is 3.26. The summed E-state index contributed by atoms with van der Waals surface area (Å²) < 4.78 is 0. The molecule has 0 aromatic heterocycles. The maximum Gasteiger partial charge on any atom is 0.226 e. The summed E-state index contributed by atoms with van der Waals surface area (Å²) in [6, 6.07) is 10.3. The van der Waals surface area contributed by atoms with E-state index in [-0.39, 0.29) is 23.7 Å². The molecule has 1 unspecified atom stereocenters. The summed E-state index contributed by atoms with van der Waals surface area (Å²) in [4.78, 5) is 14.9. The molecule has 0 spiro atoms. The molecule has 2 rings (SSSR count). The van der Waals surface area contributed by atoms with Gasteiger partial charge >= 0.3 is 0 Å². The van der Waals surface area contributed by atoms with E-state index in [1.165, 1.54) is 5.56 Å². The standard InChI is InChI=1S/C18H28N2O.ClH/c1-14(16-10-19-11-16)17(21)20(13-18(2,3)4)12-15-8-6-5-7-9-15;/h5-9,14,16,19H,10-13H2,1-4H3;1H. The van der Waals surface area contributed by atoms with Gasteiger partial charge in [-0.3, -0.25) is 4.79 Å². The molecule has 1 N–H and O–H groups in total. The second kappa shape index (κ2) is 7.98. The predicted molar refractivity (Wildman–Crippen MR) is 94.1 cm³/mol. The van der Waals surface area contributed by atoms with E-state index < -0.39 is 0 Å². The quantitative estimate of drug-likeness (QED) is 0.901. The third kappa shape index (κ3) is 5.29. The van der Waals surface area contributed by atoms with Gasteiger partial charge in [0.25, 0.3) is 0 Å². The highest BCUT2D eigenvalue weighted by molar-refractivity contribution is 5.85. The number of hydrogen-bond donors (Lipinski definition) is 1. The second-order valence-corrected chi connectivity index (χ2v) is 7.45. The summed E-state index contributed by atoms with van der Waals surface area (Å²) >= 11 is 0. The van der Waals surface area contributed by atoms with E-state index in [2.05, 4.69) is 45.1 Å². The first-order chi connectivity index (χ1) is 9.87. The van der Waals surface area contributed by atoms with E-state index in [0.29, 0.717) is 18.4 Å². The molecule has 1 aliphatic rings. The van der Waals surface area contributed by atoms with Gasteiger partial charge in [0.15, 0.2) is 0 Å². The van der Waals surface area contributed by atoms with Crippen LogP contribution in [0.2, 0.25) is 0 Å². The zero-order valence-corrected chi connectivity index (χ0v) is 15.0. The van der Waals surface area contributed by atoms with Crippen LogP contribution in [0, 0.1) is 17.3 Å². The molecule has 1 fully saturated rings. The number of carbonyl (C=O) groups is 1. The first kappa shape index (κ1) is 19.0. The average molecular weight is 325 g/mol. The van der Waals surface area contributed by atoms with Crippen LogP contribution in [0.1, 0.15) is 33.3 Å². The van der Waals surface area contributed by atoms with Gasteiger partial charge in [0.05, 0.1) is 0 Å². The van der Waals surface area contributed by atoms with Crippen molar-refractivity contribution in [1.29, 1.82) is 0 Å². The van der Waals surface area contributed by atoms with Crippen molar-refractivity contribution < 1.29 is 4.79 Å². The zero-order chi connectivity index (χ0) is 15.5. The number of nitrogens with zero attached hydrogens (tertiary/aromatic N) is 1. The Morgan fingerprint density at radius 1 is 1.27 bits per heavy atom. The van der Waals surface area contributed by atoms with Crippen LogP contribution in [0.4, 0.5) is 0 Å². The molecule has 0 bridgehead atoms. The van der Waals surface area contributed by atoms with Crippen molar-refractivity contribution in [3.05, 3.63) is 35.9 Å². The van der Waals surface area contributed by atoms with Crippen molar-refractivity contribution in [2.45, 2.75) is 34.2 Å². The molecule has 1 aromatic carbocycles. The molecular formula is C18H29ClN2O. The zero-order valence-electron chi connectivity index (χ0n) is 14.1. The van der Waals surface area contributed by atoms with Gasteiger partial charge in [-0.15, -0.1) is 12.4 Å². The molecule has 22 heavy (non-hydrogen) atoms. The lowest BCUT2D eigenvalue weighted by molar-refractivity contribution is -0.139. The Kier molecular flexibility index (Phi) is 6.89. The Balaban J connectivity index is 0.00000242. The van der Waals surface area contributed by atoms with Crippen molar-refractivity contribution in [3.63, 3.8) is 0 Å². The van der Waals surface area contributed by atoms with Gasteiger partial charge in [-0.25, -0.2) is 0 Å². The largest absolute Gasteiger partial charge is 0.338 e. The van der Waals surface area contributed by atoms with Crippen LogP contribution in [-0.4, -0.2) is 30.4 Å². The molecule has 0 radical (unpaired) electrons. The number of hydrogen-bond acceptors (Lipinski definition) is 2. The second-order valence-electron chi connectivity index (χ2n) is 7.45. The number of rotatable bonds is 5. The molecule has 1 aliphatic heterocycles. The lowest BCUT2D eigenvalue weighted by atomic mass is 9.87. The fourth-order valence-electron chi connectivity index (χ4n) is 2.74. The maximum absolute atomic E-state index is 12.9. The topological polar surface area (TPSA) is 32.3 Å². The molecule has 4 heteroatoms. The molecule has 1 atom stereocenters. The highest BCUT2D eigenvalue weighted by atomic mass is 35.5. The summed E-state index contributed by atoms with van der Waals surface area (Å²) in [5.74, 6) is 0.897. The van der Waals surface area contributed by atoms with E-state index in [1.807, 2.05) is 23.1 Å². The highest BCUT2D eigenvalue weighted by Gasteiger charge is 2.32. The lowest BCUT2D eigenvalue weighted by Gasteiger charge is -2.37. The van der Waals surface area contributed by atoms with E-state index in [1.54, 1.807) is 0 Å². The number of carbonyl (C=O) groups excluding carboxylic acids is 1. The van der Waals surface area contributed by atoms with Crippen LogP contribution < -0.4 is 5.32 Å². The normalized spacial score (nSPS) is 16.4. The monoisotopic (exact) mass is 324 g/mol. The Hall–Kier alpha value is -1.06. The first-order valence-corrected chi connectivity index (χ1v) is 7.90. The summed E-state index contributed by atoms with van der Waals surface area (Å²) in [6.07, 6.45) is 0. The third-order valence-corrected chi connectivity index (χ3v) is 4.10. The molecule has 0 aliphatic carbocycles. The summed E-state index contributed by atoms with van der Waals surface area (Å²) in [6.45, 7) is 12.1. The number of nitrogens with one attached hydrogen (secondary N) is 1. The molecule has 124 valence electrons. The van der Waals surface area contributed by atoms with Gasteiger partial charge in [-0.2, -0.15) is 0 Å². The van der Waals surface area contributed by atoms with Gasteiger partial charge < -0.3 is 10.2 Å². The van der Waals surface area contributed by atoms with E-state index in [4.69, 9.17) is 0 Å². The summed E-state index contributed by atoms with van der Waals surface area (Å²) in [5.41, 5.74) is 1.32. The van der Waals surface area contributed by atoms with Gasteiger partial charge in [0.2, 0.25) is 5.91 Å². The summed E-state index contributed by atoms with van der Waals surface area (Å²) in [7, 11) is 0. The van der Waals surface area contributed by atoms with Gasteiger partial charge in [0, 0.05) is 19.0 Å². The Labute approximate surface area is 140 Å². The van der Waals surface area contributed by atoms with Crippen LogP contribution in [0.25, 0.3) is 0 Å². The van der Waals surface area contributed by atoms with Crippen LogP contribution in [-0.2, 0) is 11.3 Å². The molecular weight excluding hydrogens is 296 g/mol. The van der Waals surface area contributed by atoms with Gasteiger partial charge in [-0.1, -0.05) is 58.0 Å². The van der Waals surface area contributed by atoms with Crippen molar-refractivity contribution in [2.24, 2.45) is 17.3 Å². The Morgan fingerprint density at radius 3 is 2.32 bits per heavy atom. The molecule has 3 nitrogen and oxygen atoms in total. The van der Waals surface area contributed by atoms with E-state index >= 15 is 0 Å². The average Bonchev–Trinajstić information content (AvgIpc) is 2.34. The van der Waals surface area contributed by atoms with Crippen molar-refractivity contribution >= 4 is 18.3 Å². The third-order valence-electron chi connectivity index (χ3n) is 4.10. The van der Waals surface area contributed by atoms with Gasteiger partial charge in [0.1, 0.15) is 0 Å². The van der Waals surface area contributed by atoms with Crippen molar-refractivity contribution in [3.8, 4) is 0 Å². The molecule has 1 amide bonds. The SMILES string of the molecule is CC(C(=O)N(Cc1ccccc1)CC(C)(C)C)C1CNC1.Cl. The lowest BCUT2D eigenvalue weighted by Crippen LogP contribution is -2.51. The maximum atomic E-state index is 12.9. The fourth-order valence-corrected chi connectivity index (χ4v) is 2.74. The fraction of sp³-hybridized carbons (Fsp3) is 0.611. The predicted octanol–water partition coefficient (Wildman–Crippen LogP) is 3.34. The van der Waals surface area contributed by atoms with Crippen LogP contribution >= 0.6 is 12.4 Å². The smallest absolute Gasteiger partial charge is 0.226 e. The van der Waals surface area contributed by atoms with Crippen LogP contribution in [0.3, 0.4) is 0 Å².